The van der Waals surface area contributed by atoms with Gasteiger partial charge in [0.05, 0.1) is 0 Å². The van der Waals surface area contributed by atoms with Crippen LogP contribution in [-0.4, -0.2) is 24.1 Å². The number of aryl methyl sites for hydroxylation is 1. The van der Waals surface area contributed by atoms with Crippen molar-refractivity contribution in [1.82, 2.24) is 0 Å². The molecule has 4 rings (SSSR count). The standard InChI is InChI=1S/C25H28N2O4/c1-16-11-13-27(14-12-16)19-5-3-18(4-6-19)26-24(29)10-9-22-17(2)21-8-7-20(28)15-23(21)31-25(22)30/h3-8,15-16,28H,9-14H2,1-2H3,(H,26,29). The van der Waals surface area contributed by atoms with Crippen LogP contribution in [0.2, 0.25) is 0 Å². The first-order valence-corrected chi connectivity index (χ1v) is 10.8. The van der Waals surface area contributed by atoms with Crippen molar-refractivity contribution in [3.05, 3.63) is 64.0 Å². The van der Waals surface area contributed by atoms with E-state index in [-0.39, 0.29) is 18.1 Å². The molecule has 1 amide bonds. The molecule has 3 aromatic rings. The molecule has 0 spiro atoms. The van der Waals surface area contributed by atoms with Gasteiger partial charge in [-0.25, -0.2) is 4.79 Å². The number of carbonyl (C=O) groups is 1. The highest BCUT2D eigenvalue weighted by Gasteiger charge is 2.16. The number of phenolic OH excluding ortho intramolecular Hbond substituents is 1. The summed E-state index contributed by atoms with van der Waals surface area (Å²) in [5, 5.41) is 13.3. The number of nitrogens with zero attached hydrogens (tertiary/aromatic N) is 1. The van der Waals surface area contributed by atoms with Crippen molar-refractivity contribution in [2.24, 2.45) is 5.92 Å². The van der Waals surface area contributed by atoms with Crippen LogP contribution in [-0.2, 0) is 11.2 Å². The Morgan fingerprint density at radius 1 is 1.16 bits per heavy atom. The van der Waals surface area contributed by atoms with E-state index in [1.165, 1.54) is 24.6 Å². The highest BCUT2D eigenvalue weighted by molar-refractivity contribution is 5.91. The van der Waals surface area contributed by atoms with Crippen LogP contribution >= 0.6 is 0 Å². The zero-order valence-electron chi connectivity index (χ0n) is 18.0. The predicted octanol–water partition coefficient (Wildman–Crippen LogP) is 4.61. The molecule has 0 radical (unpaired) electrons. The molecule has 31 heavy (non-hydrogen) atoms. The summed E-state index contributed by atoms with van der Waals surface area (Å²) >= 11 is 0. The Morgan fingerprint density at radius 3 is 2.58 bits per heavy atom. The van der Waals surface area contributed by atoms with Gasteiger partial charge in [-0.15, -0.1) is 0 Å². The van der Waals surface area contributed by atoms with E-state index < -0.39 is 5.63 Å². The van der Waals surface area contributed by atoms with Gasteiger partial charge < -0.3 is 19.7 Å². The number of anilines is 2. The number of carbonyl (C=O) groups excluding carboxylic acids is 1. The SMILES string of the molecule is Cc1c(CCC(=O)Nc2ccc(N3CCC(C)CC3)cc2)c(=O)oc2cc(O)ccc12. The number of rotatable bonds is 5. The lowest BCUT2D eigenvalue weighted by Crippen LogP contribution is -2.32. The Kier molecular flexibility index (Phi) is 5.98. The monoisotopic (exact) mass is 420 g/mol. The molecular weight excluding hydrogens is 392 g/mol. The lowest BCUT2D eigenvalue weighted by molar-refractivity contribution is -0.116. The second-order valence-corrected chi connectivity index (χ2v) is 8.44. The molecule has 0 saturated carbocycles. The Hall–Kier alpha value is -3.28. The van der Waals surface area contributed by atoms with Crippen LogP contribution < -0.4 is 15.8 Å². The molecule has 1 saturated heterocycles. The third kappa shape index (κ3) is 4.74. The smallest absolute Gasteiger partial charge is 0.339 e. The first-order chi connectivity index (χ1) is 14.9. The Morgan fingerprint density at radius 2 is 1.87 bits per heavy atom. The first kappa shape index (κ1) is 21.0. The maximum Gasteiger partial charge on any atom is 0.339 e. The van der Waals surface area contributed by atoms with Crippen molar-refractivity contribution in [1.29, 1.82) is 0 Å². The minimum atomic E-state index is -0.469. The molecule has 1 aromatic heterocycles. The van der Waals surface area contributed by atoms with E-state index in [1.54, 1.807) is 12.1 Å². The molecule has 1 aliphatic heterocycles. The van der Waals surface area contributed by atoms with Crippen molar-refractivity contribution in [2.75, 3.05) is 23.3 Å². The lowest BCUT2D eigenvalue weighted by atomic mass is 9.99. The van der Waals surface area contributed by atoms with E-state index in [1.807, 2.05) is 31.2 Å². The molecule has 162 valence electrons. The Labute approximate surface area is 181 Å². The van der Waals surface area contributed by atoms with Crippen LogP contribution in [0.15, 0.2) is 51.7 Å². The summed E-state index contributed by atoms with van der Waals surface area (Å²) in [6.45, 7) is 6.27. The number of fused-ring (bicyclic) bond motifs is 1. The molecule has 2 heterocycles. The van der Waals surface area contributed by atoms with Crippen LogP contribution in [0.1, 0.15) is 37.3 Å². The number of nitrogens with one attached hydrogen (secondary N) is 1. The number of hydrogen-bond acceptors (Lipinski definition) is 5. The zero-order valence-corrected chi connectivity index (χ0v) is 18.0. The van der Waals surface area contributed by atoms with E-state index in [0.717, 1.165) is 35.6 Å². The largest absolute Gasteiger partial charge is 0.508 e. The van der Waals surface area contributed by atoms with Gasteiger partial charge >= 0.3 is 5.63 Å². The van der Waals surface area contributed by atoms with Crippen molar-refractivity contribution in [3.63, 3.8) is 0 Å². The molecule has 2 N–H and O–H groups in total. The molecule has 1 fully saturated rings. The summed E-state index contributed by atoms with van der Waals surface area (Å²) in [6, 6.07) is 12.6. The van der Waals surface area contributed by atoms with Gasteiger partial charge in [0.2, 0.25) is 5.91 Å². The Bertz CT molecular complexity index is 1140. The van der Waals surface area contributed by atoms with E-state index >= 15 is 0 Å². The number of piperidine rings is 1. The molecule has 0 unspecified atom stereocenters. The van der Waals surface area contributed by atoms with Gasteiger partial charge in [-0.2, -0.15) is 0 Å². The zero-order chi connectivity index (χ0) is 22.0. The number of phenols is 1. The lowest BCUT2D eigenvalue weighted by Gasteiger charge is -2.32. The highest BCUT2D eigenvalue weighted by Crippen LogP contribution is 2.25. The van der Waals surface area contributed by atoms with Gasteiger partial charge in [-0.3, -0.25) is 4.79 Å². The van der Waals surface area contributed by atoms with Crippen molar-refractivity contribution < 1.29 is 14.3 Å². The summed E-state index contributed by atoms with van der Waals surface area (Å²) in [4.78, 5) is 27.2. The van der Waals surface area contributed by atoms with E-state index in [9.17, 15) is 14.7 Å². The van der Waals surface area contributed by atoms with Crippen LogP contribution in [0, 0.1) is 12.8 Å². The average Bonchev–Trinajstić information content (AvgIpc) is 2.74. The number of hydrogen-bond donors (Lipinski definition) is 2. The van der Waals surface area contributed by atoms with Crippen molar-refractivity contribution in [2.45, 2.75) is 39.5 Å². The Balaban J connectivity index is 1.38. The number of amides is 1. The molecule has 6 nitrogen and oxygen atoms in total. The fourth-order valence-electron chi connectivity index (χ4n) is 4.16. The first-order valence-electron chi connectivity index (χ1n) is 10.8. The molecule has 0 atom stereocenters. The van der Waals surface area contributed by atoms with Gasteiger partial charge in [-0.1, -0.05) is 6.92 Å². The maximum absolute atomic E-state index is 12.5. The third-order valence-corrected chi connectivity index (χ3v) is 6.17. The molecule has 0 bridgehead atoms. The number of benzene rings is 2. The maximum atomic E-state index is 12.5. The van der Waals surface area contributed by atoms with Crippen LogP contribution in [0.3, 0.4) is 0 Å². The predicted molar refractivity (Wildman–Crippen MR) is 123 cm³/mol. The van der Waals surface area contributed by atoms with Gasteiger partial charge in [0.25, 0.3) is 0 Å². The number of aromatic hydroxyl groups is 1. The second kappa shape index (κ2) is 8.84. The third-order valence-electron chi connectivity index (χ3n) is 6.17. The summed E-state index contributed by atoms with van der Waals surface area (Å²) in [5.74, 6) is 0.683. The van der Waals surface area contributed by atoms with E-state index in [2.05, 4.69) is 17.1 Å². The minimum absolute atomic E-state index is 0.0445. The van der Waals surface area contributed by atoms with Gasteiger partial charge in [0.1, 0.15) is 11.3 Å². The summed E-state index contributed by atoms with van der Waals surface area (Å²) in [5.41, 5.74) is 3.07. The van der Waals surface area contributed by atoms with E-state index in [4.69, 9.17) is 4.42 Å². The van der Waals surface area contributed by atoms with Crippen LogP contribution in [0.5, 0.6) is 5.75 Å². The molecule has 1 aliphatic rings. The summed E-state index contributed by atoms with van der Waals surface area (Å²) in [6.07, 6.45) is 2.89. The van der Waals surface area contributed by atoms with Gasteiger partial charge in [0.15, 0.2) is 0 Å². The van der Waals surface area contributed by atoms with E-state index in [0.29, 0.717) is 17.6 Å². The quantitative estimate of drug-likeness (QED) is 0.589. The topological polar surface area (TPSA) is 82.8 Å². The van der Waals surface area contributed by atoms with Crippen LogP contribution in [0.25, 0.3) is 11.0 Å². The molecular formula is C25H28N2O4. The highest BCUT2D eigenvalue weighted by atomic mass is 16.4. The molecule has 6 heteroatoms. The van der Waals surface area contributed by atoms with Gasteiger partial charge in [-0.05, 0) is 74.1 Å². The molecule has 2 aromatic carbocycles. The van der Waals surface area contributed by atoms with Gasteiger partial charge in [0, 0.05) is 47.9 Å². The minimum Gasteiger partial charge on any atom is -0.508 e. The summed E-state index contributed by atoms with van der Waals surface area (Å²) in [7, 11) is 0. The average molecular weight is 421 g/mol. The second-order valence-electron chi connectivity index (χ2n) is 8.44. The van der Waals surface area contributed by atoms with Crippen LogP contribution in [0.4, 0.5) is 11.4 Å². The molecule has 0 aliphatic carbocycles. The fourth-order valence-corrected chi connectivity index (χ4v) is 4.16. The fraction of sp³-hybridized carbons (Fsp3) is 0.360. The normalized spacial score (nSPS) is 14.7. The van der Waals surface area contributed by atoms with Crippen molar-refractivity contribution >= 4 is 28.3 Å². The summed E-state index contributed by atoms with van der Waals surface area (Å²) < 4.78 is 5.33. The van der Waals surface area contributed by atoms with Crippen molar-refractivity contribution in [3.8, 4) is 5.75 Å².